The topological polar surface area (TPSA) is 71.2 Å². The number of carboxylic acid groups (broad SMARTS) is 1. The van der Waals surface area contributed by atoms with Crippen LogP contribution < -0.4 is 4.31 Å². The Kier molecular flexibility index (Phi) is 8.85. The van der Waals surface area contributed by atoms with E-state index in [2.05, 4.69) is 21.6 Å². The number of carboxylic acids is 1. The van der Waals surface area contributed by atoms with Gasteiger partial charge in [-0.25, -0.2) is 14.4 Å². The lowest BCUT2D eigenvalue weighted by atomic mass is 10.2. The van der Waals surface area contributed by atoms with Gasteiger partial charge in [0.15, 0.2) is 0 Å². The highest BCUT2D eigenvalue weighted by molar-refractivity contribution is 7.99. The van der Waals surface area contributed by atoms with Gasteiger partial charge in [0.1, 0.15) is 18.2 Å². The molecule has 0 saturated carbocycles. The standard InChI is InChI=1S/C18H22N4O2S2.C6H5F/c1-4-5-17-20-15-8-14(6-7-16(15)21(17)10-18(23)24)22(25-3)9-13-11-26-12(2)19-13;7-6-4-2-1-3-5-6/h6-8,11H,4-5,9-10H2,1-3H3,(H,23,24);1-5H. The molecule has 9 heteroatoms. The highest BCUT2D eigenvalue weighted by Gasteiger charge is 2.15. The average molecular weight is 487 g/mol. The van der Waals surface area contributed by atoms with Gasteiger partial charge in [-0.2, -0.15) is 0 Å². The van der Waals surface area contributed by atoms with Crippen molar-refractivity contribution in [3.63, 3.8) is 0 Å². The molecule has 4 rings (SSSR count). The summed E-state index contributed by atoms with van der Waals surface area (Å²) in [5.74, 6) is -0.203. The molecular weight excluding hydrogens is 459 g/mol. The number of aryl methyl sites for hydroxylation is 2. The van der Waals surface area contributed by atoms with Crippen LogP contribution in [0.1, 0.15) is 29.9 Å². The number of halogens is 1. The molecule has 6 nitrogen and oxygen atoms in total. The highest BCUT2D eigenvalue weighted by atomic mass is 32.2. The molecule has 0 aliphatic carbocycles. The maximum Gasteiger partial charge on any atom is 0.323 e. The molecule has 0 radical (unpaired) electrons. The van der Waals surface area contributed by atoms with Gasteiger partial charge in [-0.05, 0) is 43.7 Å². The Hall–Kier alpha value is -2.91. The molecule has 1 N–H and O–H groups in total. The van der Waals surface area contributed by atoms with Crippen LogP contribution >= 0.6 is 23.3 Å². The maximum absolute atomic E-state index is 11.9. The number of anilines is 1. The van der Waals surface area contributed by atoms with E-state index in [1.807, 2.05) is 31.4 Å². The molecule has 2 aromatic heterocycles. The van der Waals surface area contributed by atoms with E-state index in [0.717, 1.165) is 46.1 Å². The van der Waals surface area contributed by atoms with Crippen LogP contribution in [0.25, 0.3) is 11.0 Å². The Morgan fingerprint density at radius 2 is 1.97 bits per heavy atom. The van der Waals surface area contributed by atoms with Crippen molar-refractivity contribution in [1.29, 1.82) is 0 Å². The fourth-order valence-electron chi connectivity index (χ4n) is 3.35. The van der Waals surface area contributed by atoms with Crippen LogP contribution in [0.5, 0.6) is 0 Å². The second kappa shape index (κ2) is 11.8. The highest BCUT2D eigenvalue weighted by Crippen LogP contribution is 2.28. The molecule has 0 aliphatic heterocycles. The number of aliphatic carboxylic acids is 1. The normalized spacial score (nSPS) is 10.7. The van der Waals surface area contributed by atoms with Crippen molar-refractivity contribution in [3.05, 3.63) is 76.3 Å². The van der Waals surface area contributed by atoms with E-state index in [-0.39, 0.29) is 12.4 Å². The van der Waals surface area contributed by atoms with Crippen molar-refractivity contribution in [2.45, 2.75) is 39.8 Å². The molecule has 4 aromatic rings. The van der Waals surface area contributed by atoms with Crippen LogP contribution in [-0.2, 0) is 24.3 Å². The van der Waals surface area contributed by atoms with Crippen molar-refractivity contribution in [3.8, 4) is 0 Å². The molecule has 0 amide bonds. The second-order valence-corrected chi connectivity index (χ2v) is 9.17. The molecule has 0 fully saturated rings. The monoisotopic (exact) mass is 486 g/mol. The van der Waals surface area contributed by atoms with E-state index >= 15 is 0 Å². The van der Waals surface area contributed by atoms with E-state index in [1.165, 1.54) is 12.1 Å². The molecule has 174 valence electrons. The van der Waals surface area contributed by atoms with Crippen molar-refractivity contribution in [1.82, 2.24) is 14.5 Å². The lowest BCUT2D eigenvalue weighted by Crippen LogP contribution is -2.13. The Morgan fingerprint density at radius 1 is 1.21 bits per heavy atom. The first-order chi connectivity index (χ1) is 15.9. The second-order valence-electron chi connectivity index (χ2n) is 7.30. The first-order valence-electron chi connectivity index (χ1n) is 10.6. The molecule has 0 saturated heterocycles. The fourth-order valence-corrected chi connectivity index (χ4v) is 4.54. The van der Waals surface area contributed by atoms with Crippen molar-refractivity contribution < 1.29 is 14.3 Å². The number of aromatic nitrogens is 3. The van der Waals surface area contributed by atoms with Crippen molar-refractivity contribution >= 4 is 46.0 Å². The lowest BCUT2D eigenvalue weighted by molar-refractivity contribution is -0.137. The number of hydrogen-bond donors (Lipinski definition) is 1. The first-order valence-corrected chi connectivity index (χ1v) is 12.6. The first kappa shape index (κ1) is 24.7. The van der Waals surface area contributed by atoms with E-state index in [4.69, 9.17) is 4.98 Å². The molecular formula is C24H27FN4O2S2. The van der Waals surface area contributed by atoms with Gasteiger partial charge in [0, 0.05) is 23.7 Å². The van der Waals surface area contributed by atoms with Gasteiger partial charge in [0.2, 0.25) is 0 Å². The molecule has 0 spiro atoms. The minimum atomic E-state index is -0.852. The third kappa shape index (κ3) is 6.79. The molecule has 2 aromatic carbocycles. The Morgan fingerprint density at radius 3 is 2.52 bits per heavy atom. The van der Waals surface area contributed by atoms with Gasteiger partial charge < -0.3 is 14.0 Å². The number of rotatable bonds is 8. The largest absolute Gasteiger partial charge is 0.480 e. The number of carbonyl (C=O) groups is 1. The predicted octanol–water partition coefficient (Wildman–Crippen LogP) is 5.95. The summed E-state index contributed by atoms with van der Waals surface area (Å²) in [4.78, 5) is 20.5. The van der Waals surface area contributed by atoms with Gasteiger partial charge in [0.05, 0.1) is 28.3 Å². The SMILES string of the molecule is CCCc1nc2cc(N(Cc3csc(C)n3)SC)ccc2n1CC(=O)O.Fc1ccccc1. The number of nitrogens with zero attached hydrogens (tertiary/aromatic N) is 4. The molecule has 0 aliphatic rings. The quantitative estimate of drug-likeness (QED) is 0.310. The third-order valence-electron chi connectivity index (χ3n) is 4.79. The Labute approximate surface area is 201 Å². The molecule has 0 unspecified atom stereocenters. The summed E-state index contributed by atoms with van der Waals surface area (Å²) in [5, 5.41) is 12.4. The van der Waals surface area contributed by atoms with Gasteiger partial charge in [0.25, 0.3) is 0 Å². The summed E-state index contributed by atoms with van der Waals surface area (Å²) in [6.07, 6.45) is 3.73. The van der Waals surface area contributed by atoms with Gasteiger partial charge in [-0.3, -0.25) is 4.79 Å². The van der Waals surface area contributed by atoms with E-state index in [1.54, 1.807) is 46.1 Å². The predicted molar refractivity (Wildman–Crippen MR) is 134 cm³/mol. The summed E-state index contributed by atoms with van der Waals surface area (Å²) in [5.41, 5.74) is 3.79. The molecule has 0 atom stereocenters. The van der Waals surface area contributed by atoms with Crippen LogP contribution in [0.3, 0.4) is 0 Å². The molecule has 2 heterocycles. The smallest absolute Gasteiger partial charge is 0.323 e. The maximum atomic E-state index is 11.9. The van der Waals surface area contributed by atoms with E-state index < -0.39 is 5.97 Å². The van der Waals surface area contributed by atoms with E-state index in [0.29, 0.717) is 6.54 Å². The zero-order valence-electron chi connectivity index (χ0n) is 18.9. The molecule has 0 bridgehead atoms. The molecule has 33 heavy (non-hydrogen) atoms. The third-order valence-corrected chi connectivity index (χ3v) is 6.39. The van der Waals surface area contributed by atoms with Crippen LogP contribution in [0.4, 0.5) is 10.1 Å². The van der Waals surface area contributed by atoms with Crippen molar-refractivity contribution in [2.24, 2.45) is 0 Å². The fraction of sp³-hybridized carbons (Fsp3) is 0.292. The van der Waals surface area contributed by atoms with Gasteiger partial charge in [-0.1, -0.05) is 37.1 Å². The zero-order chi connectivity index (χ0) is 23.8. The minimum Gasteiger partial charge on any atom is -0.480 e. The summed E-state index contributed by atoms with van der Waals surface area (Å²) < 4.78 is 15.9. The number of thiazole rings is 1. The summed E-state index contributed by atoms with van der Waals surface area (Å²) in [6.45, 7) is 4.74. The van der Waals surface area contributed by atoms with Gasteiger partial charge in [-0.15, -0.1) is 11.3 Å². The Balaban J connectivity index is 0.000000374. The minimum absolute atomic E-state index is 0.0600. The number of imidazole rings is 1. The zero-order valence-corrected chi connectivity index (χ0v) is 20.5. The van der Waals surface area contributed by atoms with Crippen LogP contribution in [0.15, 0.2) is 53.9 Å². The van der Waals surface area contributed by atoms with Crippen molar-refractivity contribution in [2.75, 3.05) is 10.6 Å². The Bertz CT molecular complexity index is 1190. The van der Waals surface area contributed by atoms with E-state index in [9.17, 15) is 14.3 Å². The van der Waals surface area contributed by atoms with Crippen LogP contribution in [0, 0.1) is 12.7 Å². The average Bonchev–Trinajstić information content (AvgIpc) is 3.35. The van der Waals surface area contributed by atoms with Crippen LogP contribution in [0.2, 0.25) is 0 Å². The number of benzene rings is 2. The lowest BCUT2D eigenvalue weighted by Gasteiger charge is -2.20. The summed E-state index contributed by atoms with van der Waals surface area (Å²) >= 11 is 3.29. The number of fused-ring (bicyclic) bond motifs is 1. The van der Waals surface area contributed by atoms with Crippen LogP contribution in [-0.4, -0.2) is 31.9 Å². The summed E-state index contributed by atoms with van der Waals surface area (Å²) in [7, 11) is 0. The number of hydrogen-bond acceptors (Lipinski definition) is 6. The summed E-state index contributed by atoms with van der Waals surface area (Å²) in [6, 6.07) is 14.0. The van der Waals surface area contributed by atoms with Gasteiger partial charge >= 0.3 is 5.97 Å².